The first kappa shape index (κ1) is 10.8. The average molecular weight is 182 g/mol. The summed E-state index contributed by atoms with van der Waals surface area (Å²) in [6, 6.07) is -1.78. The third-order valence-corrected chi connectivity index (χ3v) is 1.15. The highest BCUT2D eigenvalue weighted by molar-refractivity contribution is 5.83. The number of rotatable bonds is 4. The summed E-state index contributed by atoms with van der Waals surface area (Å²) in [5, 5.41) is 8.12. The van der Waals surface area contributed by atoms with Gasteiger partial charge in [-0.2, -0.15) is 8.78 Å². The number of carbonyl (C=O) groups excluding carboxylic acids is 1. The zero-order valence-electron chi connectivity index (χ0n) is 5.96. The van der Waals surface area contributed by atoms with Gasteiger partial charge in [0.1, 0.15) is 6.04 Å². The maximum absolute atomic E-state index is 12.3. The van der Waals surface area contributed by atoms with Crippen LogP contribution < -0.4 is 11.5 Å². The molecule has 0 radical (unpaired) electrons. The fourth-order valence-corrected chi connectivity index (χ4v) is 0.464. The molecule has 70 valence electrons. The van der Waals surface area contributed by atoms with Crippen LogP contribution in [0.3, 0.4) is 0 Å². The monoisotopic (exact) mass is 182 g/mol. The van der Waals surface area contributed by atoms with Gasteiger partial charge in [-0.15, -0.1) is 0 Å². The summed E-state index contributed by atoms with van der Waals surface area (Å²) in [5.74, 6) is -7.34. The van der Waals surface area contributed by atoms with E-state index in [4.69, 9.17) is 10.8 Å². The number of hydrogen-bond acceptors (Lipinski definition) is 3. The van der Waals surface area contributed by atoms with E-state index in [1.165, 1.54) is 0 Å². The van der Waals surface area contributed by atoms with E-state index in [9.17, 15) is 18.4 Å². The normalized spacial score (nSPS) is 13.9. The summed E-state index contributed by atoms with van der Waals surface area (Å²) in [5.41, 5.74) is 9.03. The number of carboxylic acid groups (broad SMARTS) is 1. The lowest BCUT2D eigenvalue weighted by Crippen LogP contribution is -2.43. The molecule has 1 atom stereocenters. The van der Waals surface area contributed by atoms with E-state index >= 15 is 0 Å². The van der Waals surface area contributed by atoms with E-state index in [0.717, 1.165) is 0 Å². The van der Waals surface area contributed by atoms with Crippen LogP contribution in [0.25, 0.3) is 0 Å². The maximum atomic E-state index is 12.3. The Hall–Kier alpha value is -1.24. The van der Waals surface area contributed by atoms with Gasteiger partial charge in [0.2, 0.25) is 0 Å². The Balaban J connectivity index is 4.24. The molecule has 0 aliphatic rings. The van der Waals surface area contributed by atoms with E-state index in [1.807, 2.05) is 0 Å². The summed E-state index contributed by atoms with van der Waals surface area (Å²) in [4.78, 5) is 20.0. The van der Waals surface area contributed by atoms with Gasteiger partial charge in [0.05, 0.1) is 0 Å². The fraction of sp³-hybridized carbons (Fsp3) is 0.600. The molecule has 0 fully saturated rings. The van der Waals surface area contributed by atoms with E-state index in [0.29, 0.717) is 0 Å². The van der Waals surface area contributed by atoms with Gasteiger partial charge in [-0.05, 0) is 0 Å². The van der Waals surface area contributed by atoms with Crippen LogP contribution in [-0.4, -0.2) is 28.9 Å². The Bertz CT molecular complexity index is 207. The Labute approximate surface area is 66.3 Å². The van der Waals surface area contributed by atoms with E-state index in [1.54, 1.807) is 0 Å². The number of nitrogens with two attached hydrogens (primary N) is 2. The molecule has 0 saturated carbocycles. The third kappa shape index (κ3) is 2.79. The molecule has 0 aromatic heterocycles. The summed E-state index contributed by atoms with van der Waals surface area (Å²) in [7, 11) is 0. The number of halogens is 2. The molecule has 0 aliphatic carbocycles. The predicted octanol–water partition coefficient (Wildman–Crippen LogP) is -1.09. The largest absolute Gasteiger partial charge is 0.480 e. The van der Waals surface area contributed by atoms with Crippen LogP contribution in [0.5, 0.6) is 0 Å². The lowest BCUT2D eigenvalue weighted by Gasteiger charge is -2.13. The second-order valence-electron chi connectivity index (χ2n) is 2.22. The summed E-state index contributed by atoms with van der Waals surface area (Å²) < 4.78 is 24.7. The van der Waals surface area contributed by atoms with Crippen molar-refractivity contribution < 1.29 is 23.5 Å². The van der Waals surface area contributed by atoms with Crippen LogP contribution in [-0.2, 0) is 9.59 Å². The van der Waals surface area contributed by atoms with Crippen molar-refractivity contribution in [2.45, 2.75) is 18.4 Å². The van der Waals surface area contributed by atoms with E-state index in [-0.39, 0.29) is 0 Å². The van der Waals surface area contributed by atoms with Gasteiger partial charge < -0.3 is 16.6 Å². The molecule has 7 heteroatoms. The topological polar surface area (TPSA) is 106 Å². The van der Waals surface area contributed by atoms with Crippen molar-refractivity contribution in [2.24, 2.45) is 11.5 Å². The minimum absolute atomic E-state index is 1.28. The second-order valence-corrected chi connectivity index (χ2v) is 2.22. The van der Waals surface area contributed by atoms with Crippen molar-refractivity contribution in [3.63, 3.8) is 0 Å². The lowest BCUT2D eigenvalue weighted by atomic mass is 10.1. The molecule has 12 heavy (non-hydrogen) atoms. The van der Waals surface area contributed by atoms with Crippen LogP contribution in [0, 0.1) is 0 Å². The van der Waals surface area contributed by atoms with Gasteiger partial charge in [0, 0.05) is 6.42 Å². The molecule has 0 aromatic rings. The Kier molecular flexibility index (Phi) is 3.08. The van der Waals surface area contributed by atoms with E-state index < -0.39 is 30.3 Å². The molecular weight excluding hydrogens is 174 g/mol. The van der Waals surface area contributed by atoms with Crippen molar-refractivity contribution in [1.82, 2.24) is 0 Å². The molecule has 0 aliphatic heterocycles. The Morgan fingerprint density at radius 2 is 1.92 bits per heavy atom. The molecular formula is C5H8F2N2O3. The number of alkyl halides is 2. The average Bonchev–Trinajstić information content (AvgIpc) is 1.85. The quantitative estimate of drug-likeness (QED) is 0.513. The SMILES string of the molecule is NC(=O)C(F)(F)CC(N)C(=O)O. The van der Waals surface area contributed by atoms with Crippen LogP contribution in [0.15, 0.2) is 0 Å². The van der Waals surface area contributed by atoms with Gasteiger partial charge in [-0.1, -0.05) is 0 Å². The van der Waals surface area contributed by atoms with Crippen molar-refractivity contribution in [1.29, 1.82) is 0 Å². The van der Waals surface area contributed by atoms with Crippen molar-refractivity contribution in [2.75, 3.05) is 0 Å². The molecule has 0 spiro atoms. The first-order valence-corrected chi connectivity index (χ1v) is 2.93. The molecule has 5 N–H and O–H groups in total. The highest BCUT2D eigenvalue weighted by atomic mass is 19.3. The first-order valence-electron chi connectivity index (χ1n) is 2.93. The van der Waals surface area contributed by atoms with Crippen molar-refractivity contribution in [3.8, 4) is 0 Å². The molecule has 5 nitrogen and oxygen atoms in total. The van der Waals surface area contributed by atoms with Gasteiger partial charge >= 0.3 is 11.9 Å². The smallest absolute Gasteiger partial charge is 0.326 e. The minimum atomic E-state index is -3.86. The predicted molar refractivity (Wildman–Crippen MR) is 34.4 cm³/mol. The number of amides is 1. The molecule has 0 rings (SSSR count). The number of primary amides is 1. The fourth-order valence-electron chi connectivity index (χ4n) is 0.464. The number of carboxylic acids is 1. The summed E-state index contributed by atoms with van der Waals surface area (Å²) >= 11 is 0. The number of carbonyl (C=O) groups is 2. The molecule has 0 aromatic carbocycles. The summed E-state index contributed by atoms with van der Waals surface area (Å²) in [6.07, 6.45) is -1.28. The highest BCUT2D eigenvalue weighted by Crippen LogP contribution is 2.18. The molecule has 0 bridgehead atoms. The molecule has 1 amide bonds. The maximum Gasteiger partial charge on any atom is 0.326 e. The lowest BCUT2D eigenvalue weighted by molar-refractivity contribution is -0.148. The van der Waals surface area contributed by atoms with Gasteiger partial charge in [-0.25, -0.2) is 0 Å². The number of aliphatic carboxylic acids is 1. The zero-order valence-corrected chi connectivity index (χ0v) is 5.96. The van der Waals surface area contributed by atoms with Crippen LogP contribution in [0.2, 0.25) is 0 Å². The Morgan fingerprint density at radius 3 is 2.17 bits per heavy atom. The standard InChI is InChI=1S/C5H8F2N2O3/c6-5(7,4(9)12)1-2(8)3(10)11/h2H,1,8H2,(H2,9,12)(H,10,11). The minimum Gasteiger partial charge on any atom is -0.480 e. The van der Waals surface area contributed by atoms with Crippen LogP contribution in [0.4, 0.5) is 8.78 Å². The molecule has 0 saturated heterocycles. The summed E-state index contributed by atoms with van der Waals surface area (Å²) in [6.45, 7) is 0. The zero-order chi connectivity index (χ0) is 9.94. The second kappa shape index (κ2) is 3.44. The van der Waals surface area contributed by atoms with Crippen LogP contribution in [0.1, 0.15) is 6.42 Å². The van der Waals surface area contributed by atoms with Gasteiger partial charge in [-0.3, -0.25) is 9.59 Å². The van der Waals surface area contributed by atoms with Gasteiger partial charge in [0.25, 0.3) is 5.91 Å². The van der Waals surface area contributed by atoms with Crippen molar-refractivity contribution in [3.05, 3.63) is 0 Å². The first-order chi connectivity index (χ1) is 5.27. The molecule has 0 heterocycles. The highest BCUT2D eigenvalue weighted by Gasteiger charge is 2.40. The third-order valence-electron chi connectivity index (χ3n) is 1.15. The van der Waals surface area contributed by atoms with Crippen LogP contribution >= 0.6 is 0 Å². The number of hydrogen-bond donors (Lipinski definition) is 3. The van der Waals surface area contributed by atoms with E-state index in [2.05, 4.69) is 5.73 Å². The molecule has 1 unspecified atom stereocenters. The van der Waals surface area contributed by atoms with Gasteiger partial charge in [0.15, 0.2) is 0 Å². The Morgan fingerprint density at radius 1 is 1.50 bits per heavy atom. The van der Waals surface area contributed by atoms with Crippen molar-refractivity contribution >= 4 is 11.9 Å².